The number of carbonyl (C=O) groups is 2. The average molecular weight is 629 g/mol. The number of urea groups is 1. The summed E-state index contributed by atoms with van der Waals surface area (Å²) in [6, 6.07) is 23.0. The van der Waals surface area contributed by atoms with Crippen LogP contribution in [0.25, 0.3) is 0 Å². The Balaban J connectivity index is 1.28. The van der Waals surface area contributed by atoms with E-state index >= 15 is 0 Å². The maximum atomic E-state index is 13.6. The highest BCUT2D eigenvalue weighted by Crippen LogP contribution is 2.30. The van der Waals surface area contributed by atoms with Crippen molar-refractivity contribution in [2.45, 2.75) is 77.1 Å². The third kappa shape index (κ3) is 9.23. The normalized spacial score (nSPS) is 19.7. The van der Waals surface area contributed by atoms with Crippen molar-refractivity contribution in [3.63, 3.8) is 0 Å². The highest BCUT2D eigenvalue weighted by molar-refractivity contribution is 5.90. The van der Waals surface area contributed by atoms with Gasteiger partial charge in [-0.1, -0.05) is 56.5 Å². The zero-order valence-corrected chi connectivity index (χ0v) is 27.3. The minimum absolute atomic E-state index is 0.00734. The largest absolute Gasteiger partial charge is 0.488 e. The highest BCUT2D eigenvalue weighted by atomic mass is 16.5. The maximum Gasteiger partial charge on any atom is 0.319 e. The van der Waals surface area contributed by atoms with Crippen molar-refractivity contribution < 1.29 is 24.2 Å². The van der Waals surface area contributed by atoms with Crippen LogP contribution in [0.1, 0.15) is 57.1 Å². The van der Waals surface area contributed by atoms with Crippen molar-refractivity contribution >= 4 is 17.6 Å². The number of benzene rings is 3. The van der Waals surface area contributed by atoms with E-state index in [-0.39, 0.29) is 49.1 Å². The van der Waals surface area contributed by atoms with E-state index in [1.165, 1.54) is 6.42 Å². The Hall–Kier alpha value is -4.08. The van der Waals surface area contributed by atoms with Crippen LogP contribution in [0.4, 0.5) is 10.5 Å². The Kier molecular flexibility index (Phi) is 11.5. The lowest BCUT2D eigenvalue weighted by molar-refractivity contribution is -0.134. The molecule has 1 aliphatic heterocycles. The van der Waals surface area contributed by atoms with E-state index in [1.54, 1.807) is 4.90 Å². The molecule has 1 saturated carbocycles. The molecule has 0 radical (unpaired) electrons. The summed E-state index contributed by atoms with van der Waals surface area (Å²) in [4.78, 5) is 30.3. The van der Waals surface area contributed by atoms with Gasteiger partial charge in [-0.15, -0.1) is 0 Å². The van der Waals surface area contributed by atoms with Gasteiger partial charge >= 0.3 is 6.03 Å². The third-order valence-electron chi connectivity index (χ3n) is 8.96. The summed E-state index contributed by atoms with van der Waals surface area (Å²) in [6.45, 7) is 5.64. The molecule has 0 bridgehead atoms. The van der Waals surface area contributed by atoms with Crippen LogP contribution < -0.4 is 20.1 Å². The molecule has 3 amide bonds. The first-order valence-electron chi connectivity index (χ1n) is 16.5. The summed E-state index contributed by atoms with van der Waals surface area (Å²) >= 11 is 0. The quantitative estimate of drug-likeness (QED) is 0.247. The van der Waals surface area contributed by atoms with E-state index in [4.69, 9.17) is 9.47 Å². The fourth-order valence-electron chi connectivity index (χ4n) is 6.30. The smallest absolute Gasteiger partial charge is 0.319 e. The summed E-state index contributed by atoms with van der Waals surface area (Å²) in [5.74, 6) is 2.14. The molecule has 246 valence electrons. The summed E-state index contributed by atoms with van der Waals surface area (Å²) in [6.07, 6.45) is 5.39. The van der Waals surface area contributed by atoms with Gasteiger partial charge in [0.15, 0.2) is 0 Å². The number of amides is 3. The van der Waals surface area contributed by atoms with E-state index < -0.39 is 0 Å². The highest BCUT2D eigenvalue weighted by Gasteiger charge is 2.31. The van der Waals surface area contributed by atoms with E-state index in [2.05, 4.69) is 41.6 Å². The molecule has 1 heterocycles. The van der Waals surface area contributed by atoms with E-state index in [9.17, 15) is 14.7 Å². The second-order valence-electron chi connectivity index (χ2n) is 12.9. The van der Waals surface area contributed by atoms with Crippen molar-refractivity contribution in [1.29, 1.82) is 0 Å². The summed E-state index contributed by atoms with van der Waals surface area (Å²) < 4.78 is 12.6. The number of hydrogen-bond acceptors (Lipinski definition) is 6. The fourth-order valence-corrected chi connectivity index (χ4v) is 6.30. The molecule has 0 spiro atoms. The second-order valence-corrected chi connectivity index (χ2v) is 12.9. The summed E-state index contributed by atoms with van der Waals surface area (Å²) in [5.41, 5.74) is 2.48. The Morgan fingerprint density at radius 1 is 1.04 bits per heavy atom. The van der Waals surface area contributed by atoms with E-state index in [0.717, 1.165) is 42.7 Å². The minimum Gasteiger partial charge on any atom is -0.488 e. The SMILES string of the molecule is C[C@@H]1CN([C@H](C)CO)C(=O)Cc2cc(NC(=O)NC3CCCCC3)ccc2O[C@@H]1CN(C)Cc1ccc(Oc2ccccc2)cc1. The number of carbonyl (C=O) groups excluding carboxylic acids is 2. The van der Waals surface area contributed by atoms with Gasteiger partial charge in [-0.25, -0.2) is 4.79 Å². The van der Waals surface area contributed by atoms with Crippen molar-refractivity contribution in [2.75, 3.05) is 32.1 Å². The zero-order chi connectivity index (χ0) is 32.5. The topological polar surface area (TPSA) is 103 Å². The van der Waals surface area contributed by atoms with Crippen molar-refractivity contribution in [1.82, 2.24) is 15.1 Å². The van der Waals surface area contributed by atoms with Gasteiger partial charge < -0.3 is 30.1 Å². The second kappa shape index (κ2) is 16.0. The first kappa shape index (κ1) is 33.3. The number of nitrogens with zero attached hydrogens (tertiary/aromatic N) is 2. The van der Waals surface area contributed by atoms with E-state index in [0.29, 0.717) is 36.6 Å². The molecule has 2 aliphatic rings. The molecule has 3 aromatic rings. The molecule has 0 aromatic heterocycles. The molecule has 0 saturated heterocycles. The van der Waals surface area contributed by atoms with Gasteiger partial charge in [0.25, 0.3) is 0 Å². The first-order valence-corrected chi connectivity index (χ1v) is 16.5. The maximum absolute atomic E-state index is 13.6. The lowest BCUT2D eigenvalue weighted by Crippen LogP contribution is -2.47. The molecule has 1 aliphatic carbocycles. The molecule has 3 atom stereocenters. The zero-order valence-electron chi connectivity index (χ0n) is 27.3. The number of ether oxygens (including phenoxy) is 2. The average Bonchev–Trinajstić information content (AvgIpc) is 3.09. The number of hydrogen-bond donors (Lipinski definition) is 3. The van der Waals surface area contributed by atoms with E-state index in [1.807, 2.05) is 67.6 Å². The number of likely N-dealkylation sites (N-methyl/N-ethyl adjacent to an activating group) is 1. The fraction of sp³-hybridized carbons (Fsp3) is 0.459. The van der Waals surface area contributed by atoms with Gasteiger partial charge in [0.2, 0.25) is 5.91 Å². The minimum atomic E-state index is -0.325. The Bertz CT molecular complexity index is 1430. The molecule has 9 heteroatoms. The number of aliphatic hydroxyl groups is 1. The summed E-state index contributed by atoms with van der Waals surface area (Å²) in [5, 5.41) is 16.0. The van der Waals surface area contributed by atoms with Gasteiger partial charge in [0, 0.05) is 42.8 Å². The molecule has 3 aromatic carbocycles. The predicted octanol–water partition coefficient (Wildman–Crippen LogP) is 6.21. The van der Waals surface area contributed by atoms with Crippen LogP contribution in [-0.2, 0) is 17.8 Å². The molecule has 0 unspecified atom stereocenters. The van der Waals surface area contributed by atoms with Crippen molar-refractivity contribution in [3.8, 4) is 17.2 Å². The van der Waals surface area contributed by atoms with Crippen LogP contribution >= 0.6 is 0 Å². The Morgan fingerprint density at radius 3 is 2.48 bits per heavy atom. The number of fused-ring (bicyclic) bond motifs is 1. The van der Waals surface area contributed by atoms with Crippen LogP contribution in [0.3, 0.4) is 0 Å². The molecular weight excluding hydrogens is 580 g/mol. The molecule has 9 nitrogen and oxygen atoms in total. The number of aliphatic hydroxyl groups excluding tert-OH is 1. The third-order valence-corrected chi connectivity index (χ3v) is 8.96. The van der Waals surface area contributed by atoms with Crippen LogP contribution in [-0.4, -0.2) is 71.8 Å². The number of anilines is 1. The van der Waals surface area contributed by atoms with Crippen molar-refractivity contribution in [2.24, 2.45) is 5.92 Å². The van der Waals surface area contributed by atoms with Crippen LogP contribution in [0.2, 0.25) is 0 Å². The predicted molar refractivity (Wildman–Crippen MR) is 180 cm³/mol. The molecule has 46 heavy (non-hydrogen) atoms. The van der Waals surface area contributed by atoms with Crippen LogP contribution in [0, 0.1) is 5.92 Å². The van der Waals surface area contributed by atoms with Gasteiger partial charge in [-0.05, 0) is 74.8 Å². The van der Waals surface area contributed by atoms with Crippen LogP contribution in [0.15, 0.2) is 72.8 Å². The van der Waals surface area contributed by atoms with Gasteiger partial charge in [-0.3, -0.25) is 9.69 Å². The number of nitrogens with one attached hydrogen (secondary N) is 2. The lowest BCUT2D eigenvalue weighted by atomic mass is 9.96. The van der Waals surface area contributed by atoms with Crippen LogP contribution in [0.5, 0.6) is 17.2 Å². The Morgan fingerprint density at radius 2 is 1.76 bits per heavy atom. The molecule has 3 N–H and O–H groups in total. The van der Waals surface area contributed by atoms with Gasteiger partial charge in [0.1, 0.15) is 23.4 Å². The first-order chi connectivity index (χ1) is 22.3. The van der Waals surface area contributed by atoms with Gasteiger partial charge in [-0.2, -0.15) is 0 Å². The number of rotatable bonds is 10. The van der Waals surface area contributed by atoms with Crippen molar-refractivity contribution in [3.05, 3.63) is 83.9 Å². The standard InChI is InChI=1S/C37H48N4O5/c1-26-22-41(27(2)25-42)36(43)21-29-20-31(39-37(44)38-30-10-6-4-7-11-30)16-19-34(29)46-35(26)24-40(3)23-28-14-17-33(18-15-28)45-32-12-8-5-9-13-32/h5,8-9,12-20,26-27,30,35,42H,4,6-7,10-11,21-25H2,1-3H3,(H2,38,39,44)/t26-,27-,35-/m1/s1. The Labute approximate surface area is 272 Å². The van der Waals surface area contributed by atoms with Gasteiger partial charge in [0.05, 0.1) is 19.1 Å². The lowest BCUT2D eigenvalue weighted by Gasteiger charge is -2.34. The monoisotopic (exact) mass is 628 g/mol. The molecular formula is C37H48N4O5. The summed E-state index contributed by atoms with van der Waals surface area (Å²) in [7, 11) is 2.06. The number of para-hydroxylation sites is 1. The molecule has 1 fully saturated rings. The molecule has 5 rings (SSSR count).